The summed E-state index contributed by atoms with van der Waals surface area (Å²) in [4.78, 5) is 0. The summed E-state index contributed by atoms with van der Waals surface area (Å²) in [7, 11) is 0. The van der Waals surface area contributed by atoms with Gasteiger partial charge in [0.25, 0.3) is 0 Å². The molecule has 2 N–H and O–H groups in total. The van der Waals surface area contributed by atoms with Crippen LogP contribution in [0.25, 0.3) is 0 Å². The smallest absolute Gasteiger partial charge is 0.0378 e. The largest absolute Gasteiger partial charge is 0.326 e. The Morgan fingerprint density at radius 2 is 1.88 bits per heavy atom. The van der Waals surface area contributed by atoms with Crippen LogP contribution in [0.3, 0.4) is 0 Å². The van der Waals surface area contributed by atoms with Crippen molar-refractivity contribution in [3.63, 3.8) is 0 Å². The number of halogens is 2. The van der Waals surface area contributed by atoms with E-state index < -0.39 is 0 Å². The molecule has 0 heterocycles. The lowest BCUT2D eigenvalue weighted by Crippen LogP contribution is -2.30. The van der Waals surface area contributed by atoms with Crippen molar-refractivity contribution in [2.24, 2.45) is 11.7 Å². The van der Waals surface area contributed by atoms with Crippen molar-refractivity contribution in [3.8, 4) is 0 Å². The summed E-state index contributed by atoms with van der Waals surface area (Å²) in [6, 6.07) is 0.0502. The summed E-state index contributed by atoms with van der Waals surface area (Å²) < 4.78 is 0. The van der Waals surface area contributed by atoms with Gasteiger partial charge in [-0.05, 0) is 5.92 Å². The molecular weight excluding hydrogens is 145 g/mol. The van der Waals surface area contributed by atoms with Gasteiger partial charge in [-0.3, -0.25) is 0 Å². The third-order valence-electron chi connectivity index (χ3n) is 1.15. The molecule has 0 aromatic carbocycles. The predicted octanol–water partition coefficient (Wildman–Crippen LogP) is 1.43. The maximum atomic E-state index is 5.51. The van der Waals surface area contributed by atoms with Crippen LogP contribution in [0.15, 0.2) is 0 Å². The fraction of sp³-hybridized carbons (Fsp3) is 1.00. The molecule has 0 bridgehead atoms. The van der Waals surface area contributed by atoms with E-state index in [1.807, 2.05) is 6.92 Å². The number of rotatable bonds is 3. The Bertz CT molecular complexity index is 50.4. The van der Waals surface area contributed by atoms with Crippen molar-refractivity contribution < 1.29 is 0 Å². The Morgan fingerprint density at radius 3 is 2.00 bits per heavy atom. The van der Waals surface area contributed by atoms with E-state index in [1.165, 1.54) is 0 Å². The monoisotopic (exact) mass is 155 g/mol. The maximum absolute atomic E-state index is 5.51. The van der Waals surface area contributed by atoms with Gasteiger partial charge in [0.1, 0.15) is 0 Å². The van der Waals surface area contributed by atoms with E-state index in [1.54, 1.807) is 0 Å². The topological polar surface area (TPSA) is 26.0 Å². The molecule has 50 valence electrons. The zero-order chi connectivity index (χ0) is 6.57. The molecule has 2 unspecified atom stereocenters. The molecule has 1 nitrogen and oxygen atoms in total. The Labute approximate surface area is 60.1 Å². The number of hydrogen-bond donors (Lipinski definition) is 1. The lowest BCUT2D eigenvalue weighted by atomic mass is 10.1. The summed E-state index contributed by atoms with van der Waals surface area (Å²) in [6.45, 7) is 1.99. The molecule has 2 atom stereocenters. The molecule has 0 aromatic rings. The maximum Gasteiger partial charge on any atom is 0.0378 e. The number of hydrogen-bond acceptors (Lipinski definition) is 1. The molecule has 0 aromatic heterocycles. The third kappa shape index (κ3) is 2.75. The molecule has 0 saturated heterocycles. The minimum atomic E-state index is 0.0502. The Kier molecular flexibility index (Phi) is 4.72. The van der Waals surface area contributed by atoms with Crippen LogP contribution in [-0.4, -0.2) is 17.8 Å². The molecule has 0 radical (unpaired) electrons. The van der Waals surface area contributed by atoms with Gasteiger partial charge in [0.2, 0.25) is 0 Å². The van der Waals surface area contributed by atoms with E-state index in [2.05, 4.69) is 0 Å². The van der Waals surface area contributed by atoms with Crippen LogP contribution in [0, 0.1) is 5.92 Å². The summed E-state index contributed by atoms with van der Waals surface area (Å²) in [5.41, 5.74) is 5.51. The molecule has 0 saturated carbocycles. The van der Waals surface area contributed by atoms with Crippen molar-refractivity contribution in [3.05, 3.63) is 0 Å². The van der Waals surface area contributed by atoms with Crippen molar-refractivity contribution >= 4 is 23.2 Å². The van der Waals surface area contributed by atoms with Crippen LogP contribution in [-0.2, 0) is 0 Å². The predicted molar refractivity (Wildman–Crippen MR) is 38.6 cm³/mol. The highest BCUT2D eigenvalue weighted by atomic mass is 35.5. The minimum absolute atomic E-state index is 0.0502. The van der Waals surface area contributed by atoms with E-state index in [-0.39, 0.29) is 6.04 Å². The highest BCUT2D eigenvalue weighted by molar-refractivity contribution is 6.19. The van der Waals surface area contributed by atoms with Crippen LogP contribution in [0.4, 0.5) is 0 Å². The fourth-order valence-corrected chi connectivity index (χ4v) is 0.800. The fourth-order valence-electron chi connectivity index (χ4n) is 0.267. The van der Waals surface area contributed by atoms with Crippen molar-refractivity contribution in [1.82, 2.24) is 0 Å². The first-order valence-electron chi connectivity index (χ1n) is 2.60. The van der Waals surface area contributed by atoms with Crippen LogP contribution in [0.5, 0.6) is 0 Å². The zero-order valence-electron chi connectivity index (χ0n) is 4.90. The van der Waals surface area contributed by atoms with E-state index in [9.17, 15) is 0 Å². The van der Waals surface area contributed by atoms with Crippen LogP contribution in [0.1, 0.15) is 6.92 Å². The molecule has 0 spiro atoms. The number of nitrogens with two attached hydrogens (primary N) is 1. The average molecular weight is 156 g/mol. The van der Waals surface area contributed by atoms with Gasteiger partial charge in [-0.25, -0.2) is 0 Å². The average Bonchev–Trinajstić information content (AvgIpc) is 1.84. The highest BCUT2D eigenvalue weighted by Gasteiger charge is 2.08. The zero-order valence-corrected chi connectivity index (χ0v) is 6.41. The van der Waals surface area contributed by atoms with Crippen LogP contribution >= 0.6 is 23.2 Å². The first-order valence-corrected chi connectivity index (χ1v) is 3.66. The molecule has 0 aliphatic rings. The van der Waals surface area contributed by atoms with Gasteiger partial charge < -0.3 is 5.73 Å². The Balaban J connectivity index is 3.29. The summed E-state index contributed by atoms with van der Waals surface area (Å²) in [6.07, 6.45) is 0. The van der Waals surface area contributed by atoms with Crippen molar-refractivity contribution in [2.75, 3.05) is 11.8 Å². The SMILES string of the molecule is CC(CCl)C(N)CCl. The molecule has 8 heavy (non-hydrogen) atoms. The summed E-state index contributed by atoms with van der Waals surface area (Å²) >= 11 is 10.9. The van der Waals surface area contributed by atoms with Crippen LogP contribution in [0.2, 0.25) is 0 Å². The Hall–Kier alpha value is 0.540. The van der Waals surface area contributed by atoms with Gasteiger partial charge >= 0.3 is 0 Å². The molecule has 0 rings (SSSR count). The van der Waals surface area contributed by atoms with E-state index in [0.29, 0.717) is 17.7 Å². The normalized spacial score (nSPS) is 18.0. The molecule has 3 heteroatoms. The second-order valence-electron chi connectivity index (χ2n) is 1.95. The standard InChI is InChI=1S/C5H11Cl2N/c1-4(2-6)5(8)3-7/h4-5H,2-3,8H2,1H3. The first kappa shape index (κ1) is 8.54. The lowest BCUT2D eigenvalue weighted by molar-refractivity contribution is 0.539. The third-order valence-corrected chi connectivity index (χ3v) is 2.00. The summed E-state index contributed by atoms with van der Waals surface area (Å²) in [5, 5.41) is 0. The van der Waals surface area contributed by atoms with Gasteiger partial charge in [0.15, 0.2) is 0 Å². The molecular formula is C5H11Cl2N. The van der Waals surface area contributed by atoms with Gasteiger partial charge in [-0.15, -0.1) is 23.2 Å². The van der Waals surface area contributed by atoms with Gasteiger partial charge in [-0.2, -0.15) is 0 Å². The first-order chi connectivity index (χ1) is 3.72. The van der Waals surface area contributed by atoms with Crippen LogP contribution < -0.4 is 5.73 Å². The second kappa shape index (κ2) is 4.42. The minimum Gasteiger partial charge on any atom is -0.326 e. The van der Waals surface area contributed by atoms with Gasteiger partial charge in [0, 0.05) is 17.8 Å². The highest BCUT2D eigenvalue weighted by Crippen LogP contribution is 2.03. The van der Waals surface area contributed by atoms with E-state index in [4.69, 9.17) is 28.9 Å². The lowest BCUT2D eigenvalue weighted by Gasteiger charge is -2.12. The Morgan fingerprint density at radius 1 is 1.38 bits per heavy atom. The quantitative estimate of drug-likeness (QED) is 0.614. The van der Waals surface area contributed by atoms with Crippen molar-refractivity contribution in [1.29, 1.82) is 0 Å². The van der Waals surface area contributed by atoms with Gasteiger partial charge in [0.05, 0.1) is 0 Å². The molecule has 0 aliphatic carbocycles. The van der Waals surface area contributed by atoms with Gasteiger partial charge in [-0.1, -0.05) is 6.92 Å². The number of alkyl halides is 2. The molecule has 0 aliphatic heterocycles. The molecule has 0 amide bonds. The van der Waals surface area contributed by atoms with E-state index in [0.717, 1.165) is 0 Å². The summed E-state index contributed by atoms with van der Waals surface area (Å²) in [5.74, 6) is 1.41. The van der Waals surface area contributed by atoms with E-state index >= 15 is 0 Å². The van der Waals surface area contributed by atoms with Crippen molar-refractivity contribution in [2.45, 2.75) is 13.0 Å². The molecule has 0 fully saturated rings. The second-order valence-corrected chi connectivity index (χ2v) is 2.57.